The Morgan fingerprint density at radius 1 is 1.14 bits per heavy atom. The second-order valence-electron chi connectivity index (χ2n) is 8.02. The highest BCUT2D eigenvalue weighted by Gasteiger charge is 2.35. The van der Waals surface area contributed by atoms with Crippen LogP contribution in [0.1, 0.15) is 58.9 Å². The predicted octanol–water partition coefficient (Wildman–Crippen LogP) is 4.69. The minimum absolute atomic E-state index is 0.155. The van der Waals surface area contributed by atoms with Gasteiger partial charge in [-0.1, -0.05) is 23.9 Å². The highest BCUT2D eigenvalue weighted by atomic mass is 32.2. The van der Waals surface area contributed by atoms with Gasteiger partial charge in [-0.15, -0.1) is 10.2 Å². The topological polar surface area (TPSA) is 51.0 Å². The molecule has 5 nitrogen and oxygen atoms in total. The third-order valence-corrected chi connectivity index (χ3v) is 6.81. The summed E-state index contributed by atoms with van der Waals surface area (Å²) in [5.74, 6) is 0.415. The fourth-order valence-corrected chi connectivity index (χ4v) is 5.10. The maximum absolute atomic E-state index is 14.3. The molecule has 7 heteroatoms. The van der Waals surface area contributed by atoms with E-state index in [4.69, 9.17) is 0 Å². The van der Waals surface area contributed by atoms with Crippen molar-refractivity contribution in [3.8, 4) is 11.4 Å². The summed E-state index contributed by atoms with van der Waals surface area (Å²) in [6, 6.07) is 7.50. The van der Waals surface area contributed by atoms with Gasteiger partial charge < -0.3 is 4.90 Å². The molecule has 0 bridgehead atoms. The number of rotatable bonds is 5. The number of halogens is 1. The van der Waals surface area contributed by atoms with Crippen LogP contribution in [0.3, 0.4) is 0 Å². The average molecular weight is 403 g/mol. The number of piperidine rings is 1. The second-order valence-corrected chi connectivity index (χ2v) is 9.33. The first-order valence-corrected chi connectivity index (χ1v) is 11.0. The van der Waals surface area contributed by atoms with Gasteiger partial charge in [0.15, 0.2) is 11.0 Å². The van der Waals surface area contributed by atoms with Gasteiger partial charge in [-0.05, 0) is 65.0 Å². The van der Waals surface area contributed by atoms with Crippen LogP contribution >= 0.6 is 11.8 Å². The Hall–Kier alpha value is -1.89. The zero-order chi connectivity index (χ0) is 19.8. The molecular weight excluding hydrogens is 375 g/mol. The Morgan fingerprint density at radius 2 is 1.82 bits per heavy atom. The molecule has 2 aliphatic rings. The average Bonchev–Trinajstić information content (AvgIpc) is 3.42. The lowest BCUT2D eigenvalue weighted by Gasteiger charge is -2.40. The molecule has 0 unspecified atom stereocenters. The zero-order valence-corrected chi connectivity index (χ0v) is 17.5. The van der Waals surface area contributed by atoms with Crippen molar-refractivity contribution in [3.63, 3.8) is 0 Å². The summed E-state index contributed by atoms with van der Waals surface area (Å²) in [5.41, 5.74) is 0.464. The third-order valence-electron chi connectivity index (χ3n) is 5.77. The number of nitrogens with zero attached hydrogens (tertiary/aromatic N) is 4. The molecule has 2 aromatic rings. The third kappa shape index (κ3) is 3.69. The van der Waals surface area contributed by atoms with Crippen molar-refractivity contribution in [2.24, 2.45) is 0 Å². The molecule has 0 spiro atoms. The maximum atomic E-state index is 14.3. The first kappa shape index (κ1) is 19.4. The first-order valence-electron chi connectivity index (χ1n) is 10.2. The molecule has 0 N–H and O–H groups in total. The molecule has 1 saturated carbocycles. The number of hydrogen-bond acceptors (Lipinski definition) is 4. The quantitative estimate of drug-likeness (QED) is 0.681. The number of thioether (sulfide) groups is 1. The monoisotopic (exact) mass is 402 g/mol. The number of likely N-dealkylation sites (tertiary alicyclic amines) is 1. The van der Waals surface area contributed by atoms with Gasteiger partial charge in [0.2, 0.25) is 5.91 Å². The molecule has 3 atom stereocenters. The fourth-order valence-electron chi connectivity index (χ4n) is 4.12. The summed E-state index contributed by atoms with van der Waals surface area (Å²) >= 11 is 1.44. The molecule has 1 aromatic carbocycles. The molecule has 1 aliphatic carbocycles. The van der Waals surface area contributed by atoms with Crippen LogP contribution in [-0.2, 0) is 4.79 Å². The molecule has 1 aromatic heterocycles. The molecule has 150 valence electrons. The van der Waals surface area contributed by atoms with Crippen LogP contribution in [-0.4, -0.2) is 42.9 Å². The lowest BCUT2D eigenvalue weighted by Crippen LogP contribution is -2.50. The number of benzene rings is 1. The van der Waals surface area contributed by atoms with E-state index < -0.39 is 0 Å². The van der Waals surface area contributed by atoms with Gasteiger partial charge >= 0.3 is 0 Å². The van der Waals surface area contributed by atoms with Crippen molar-refractivity contribution in [1.29, 1.82) is 0 Å². The van der Waals surface area contributed by atoms with Crippen LogP contribution in [0.2, 0.25) is 0 Å². The van der Waals surface area contributed by atoms with E-state index in [-0.39, 0.29) is 29.1 Å². The molecule has 2 fully saturated rings. The molecular formula is C21H27FN4OS. The van der Waals surface area contributed by atoms with Gasteiger partial charge in [0.1, 0.15) is 5.82 Å². The van der Waals surface area contributed by atoms with Gasteiger partial charge in [-0.2, -0.15) is 0 Å². The van der Waals surface area contributed by atoms with Crippen molar-refractivity contribution in [2.45, 2.75) is 81.4 Å². The summed E-state index contributed by atoms with van der Waals surface area (Å²) in [7, 11) is 0. The Labute approximate surface area is 169 Å². The largest absolute Gasteiger partial charge is 0.336 e. The summed E-state index contributed by atoms with van der Waals surface area (Å²) in [4.78, 5) is 15.2. The molecule has 28 heavy (non-hydrogen) atoms. The van der Waals surface area contributed by atoms with Crippen LogP contribution in [0.25, 0.3) is 11.4 Å². The fraction of sp³-hybridized carbons (Fsp3) is 0.571. The number of carbonyl (C=O) groups excluding carboxylic acids is 1. The molecule has 1 amide bonds. The van der Waals surface area contributed by atoms with Crippen molar-refractivity contribution in [3.05, 3.63) is 30.1 Å². The normalized spacial score (nSPS) is 23.6. The number of aromatic nitrogens is 3. The van der Waals surface area contributed by atoms with Crippen LogP contribution in [0, 0.1) is 5.82 Å². The Bertz CT molecular complexity index is 856. The standard InChI is InChI=1S/C21H27FN4OS/c1-13-7-6-8-14(2)25(13)20(27)15(3)28-21-24-23-19(26(21)16-11-12-16)17-9-4-5-10-18(17)22/h4-5,9-10,13-16H,6-8,11-12H2,1-3H3/t13-,14+,15-/m0/s1. The Morgan fingerprint density at radius 3 is 2.46 bits per heavy atom. The van der Waals surface area contributed by atoms with Crippen molar-refractivity contribution in [1.82, 2.24) is 19.7 Å². The molecule has 1 saturated heterocycles. The van der Waals surface area contributed by atoms with Crippen LogP contribution < -0.4 is 0 Å². The highest BCUT2D eigenvalue weighted by Crippen LogP contribution is 2.42. The zero-order valence-electron chi connectivity index (χ0n) is 16.6. The number of hydrogen-bond donors (Lipinski definition) is 0. The van der Waals surface area contributed by atoms with Crippen LogP contribution in [0.15, 0.2) is 29.4 Å². The maximum Gasteiger partial charge on any atom is 0.236 e. The molecule has 2 heterocycles. The minimum Gasteiger partial charge on any atom is -0.336 e. The van der Waals surface area contributed by atoms with Crippen molar-refractivity contribution in [2.75, 3.05) is 0 Å². The van der Waals surface area contributed by atoms with E-state index in [1.54, 1.807) is 12.1 Å². The van der Waals surface area contributed by atoms with Gasteiger partial charge in [-0.3, -0.25) is 9.36 Å². The Balaban J connectivity index is 1.58. The summed E-state index contributed by atoms with van der Waals surface area (Å²) < 4.78 is 16.3. The van der Waals surface area contributed by atoms with Crippen molar-refractivity contribution >= 4 is 17.7 Å². The first-order chi connectivity index (χ1) is 13.5. The predicted molar refractivity (Wildman–Crippen MR) is 109 cm³/mol. The second kappa shape index (κ2) is 7.85. The van der Waals surface area contributed by atoms with E-state index in [0.717, 1.165) is 25.7 Å². The highest BCUT2D eigenvalue weighted by molar-refractivity contribution is 8.00. The summed E-state index contributed by atoms with van der Waals surface area (Å²) in [5, 5.41) is 9.09. The van der Waals surface area contributed by atoms with E-state index in [2.05, 4.69) is 24.0 Å². The van der Waals surface area contributed by atoms with Crippen LogP contribution in [0.4, 0.5) is 4.39 Å². The molecule has 0 radical (unpaired) electrons. The Kier molecular flexibility index (Phi) is 5.45. The van der Waals surface area contributed by atoms with Crippen molar-refractivity contribution < 1.29 is 9.18 Å². The van der Waals surface area contributed by atoms with Gasteiger partial charge in [0, 0.05) is 18.1 Å². The van der Waals surface area contributed by atoms with Gasteiger partial charge in [0.05, 0.1) is 10.8 Å². The number of amides is 1. The lowest BCUT2D eigenvalue weighted by molar-refractivity contribution is -0.136. The molecule has 4 rings (SSSR count). The van der Waals surface area contributed by atoms with E-state index >= 15 is 0 Å². The van der Waals surface area contributed by atoms with E-state index in [9.17, 15) is 9.18 Å². The van der Waals surface area contributed by atoms with Crippen LogP contribution in [0.5, 0.6) is 0 Å². The smallest absolute Gasteiger partial charge is 0.236 e. The van der Waals surface area contributed by atoms with E-state index in [1.807, 2.05) is 22.5 Å². The van der Waals surface area contributed by atoms with E-state index in [1.165, 1.54) is 24.2 Å². The van der Waals surface area contributed by atoms with Gasteiger partial charge in [0.25, 0.3) is 0 Å². The summed E-state index contributed by atoms with van der Waals surface area (Å²) in [6.45, 7) is 6.21. The summed E-state index contributed by atoms with van der Waals surface area (Å²) in [6.07, 6.45) is 5.37. The lowest BCUT2D eigenvalue weighted by atomic mass is 9.97. The number of carbonyl (C=O) groups is 1. The SMILES string of the molecule is C[C@H](Sc1nnc(-c2ccccc2F)n1C1CC1)C(=O)N1[C@H](C)CCC[C@@H]1C. The van der Waals surface area contributed by atoms with Gasteiger partial charge in [-0.25, -0.2) is 4.39 Å². The molecule has 1 aliphatic heterocycles. The minimum atomic E-state index is -0.298. The van der Waals surface area contributed by atoms with E-state index in [0.29, 0.717) is 22.6 Å².